The van der Waals surface area contributed by atoms with E-state index in [4.69, 9.17) is 4.74 Å². The monoisotopic (exact) mass is 376 g/mol. The predicted molar refractivity (Wildman–Crippen MR) is 97.4 cm³/mol. The van der Waals surface area contributed by atoms with Crippen LogP contribution >= 0.6 is 0 Å². The SMILES string of the molecule is COCCN1CC=CC[C@H](C2CCN(C(=O)CCn3cnnn3)CC2)C1=O. The third-order valence-corrected chi connectivity index (χ3v) is 5.48. The van der Waals surface area contributed by atoms with Crippen LogP contribution in [0.25, 0.3) is 0 Å². The first kappa shape index (κ1) is 19.5. The summed E-state index contributed by atoms with van der Waals surface area (Å²) in [7, 11) is 1.65. The van der Waals surface area contributed by atoms with Gasteiger partial charge in [0.1, 0.15) is 6.33 Å². The molecule has 2 aliphatic rings. The fraction of sp³-hybridized carbons (Fsp3) is 0.722. The van der Waals surface area contributed by atoms with E-state index in [2.05, 4.69) is 27.7 Å². The Kier molecular flexibility index (Phi) is 6.92. The lowest BCUT2D eigenvalue weighted by Gasteiger charge is -2.36. The summed E-state index contributed by atoms with van der Waals surface area (Å²) in [4.78, 5) is 29.1. The molecule has 148 valence electrons. The van der Waals surface area contributed by atoms with Crippen LogP contribution in [-0.4, -0.2) is 81.7 Å². The number of ether oxygens (including phenoxy) is 1. The number of amides is 2. The molecule has 3 heterocycles. The number of rotatable bonds is 7. The molecule has 1 aromatic heterocycles. The topological polar surface area (TPSA) is 93.4 Å². The fourth-order valence-electron chi connectivity index (χ4n) is 3.87. The van der Waals surface area contributed by atoms with E-state index in [1.54, 1.807) is 11.8 Å². The summed E-state index contributed by atoms with van der Waals surface area (Å²) in [5, 5.41) is 10.9. The maximum absolute atomic E-state index is 12.9. The van der Waals surface area contributed by atoms with Gasteiger partial charge in [-0.1, -0.05) is 12.2 Å². The van der Waals surface area contributed by atoms with Gasteiger partial charge in [-0.05, 0) is 35.6 Å². The van der Waals surface area contributed by atoms with Gasteiger partial charge in [0.25, 0.3) is 0 Å². The Morgan fingerprint density at radius 3 is 2.78 bits per heavy atom. The molecule has 0 aliphatic carbocycles. The Morgan fingerprint density at radius 2 is 2.07 bits per heavy atom. The second kappa shape index (κ2) is 9.59. The van der Waals surface area contributed by atoms with Gasteiger partial charge >= 0.3 is 0 Å². The number of hydrogen-bond donors (Lipinski definition) is 0. The molecule has 0 unspecified atom stereocenters. The van der Waals surface area contributed by atoms with Crippen LogP contribution in [0, 0.1) is 11.8 Å². The molecule has 1 aromatic rings. The number of methoxy groups -OCH3 is 1. The minimum Gasteiger partial charge on any atom is -0.383 e. The number of carbonyl (C=O) groups excluding carboxylic acids is 2. The van der Waals surface area contributed by atoms with Crippen LogP contribution in [0.5, 0.6) is 0 Å². The van der Waals surface area contributed by atoms with Crippen molar-refractivity contribution >= 4 is 11.8 Å². The minimum absolute atomic E-state index is 0.0130. The van der Waals surface area contributed by atoms with E-state index in [-0.39, 0.29) is 17.7 Å². The molecular formula is C18H28N6O3. The molecule has 9 nitrogen and oxygen atoms in total. The molecule has 2 aliphatic heterocycles. The molecule has 9 heteroatoms. The smallest absolute Gasteiger partial charge is 0.226 e. The fourth-order valence-corrected chi connectivity index (χ4v) is 3.87. The van der Waals surface area contributed by atoms with Crippen molar-refractivity contribution in [2.45, 2.75) is 32.2 Å². The van der Waals surface area contributed by atoms with E-state index in [0.717, 1.165) is 19.3 Å². The van der Waals surface area contributed by atoms with Crippen LogP contribution in [-0.2, 0) is 20.9 Å². The van der Waals surface area contributed by atoms with Gasteiger partial charge < -0.3 is 14.5 Å². The van der Waals surface area contributed by atoms with Crippen LogP contribution in [0.2, 0.25) is 0 Å². The maximum atomic E-state index is 12.9. The van der Waals surface area contributed by atoms with E-state index in [9.17, 15) is 9.59 Å². The zero-order valence-electron chi connectivity index (χ0n) is 15.9. The summed E-state index contributed by atoms with van der Waals surface area (Å²) in [6, 6.07) is 0. The van der Waals surface area contributed by atoms with Crippen molar-refractivity contribution in [3.8, 4) is 0 Å². The first-order valence-corrected chi connectivity index (χ1v) is 9.60. The molecule has 0 saturated carbocycles. The van der Waals surface area contributed by atoms with Crippen molar-refractivity contribution in [1.82, 2.24) is 30.0 Å². The Hall–Kier alpha value is -2.29. The lowest BCUT2D eigenvalue weighted by Crippen LogP contribution is -2.44. The van der Waals surface area contributed by atoms with Gasteiger partial charge in [0.05, 0.1) is 13.2 Å². The average molecular weight is 376 g/mol. The van der Waals surface area contributed by atoms with E-state index in [1.807, 2.05) is 9.80 Å². The zero-order chi connectivity index (χ0) is 19.1. The molecule has 0 aromatic carbocycles. The first-order chi connectivity index (χ1) is 13.2. The van der Waals surface area contributed by atoms with Gasteiger partial charge in [0.2, 0.25) is 11.8 Å². The zero-order valence-corrected chi connectivity index (χ0v) is 15.9. The molecule has 0 spiro atoms. The van der Waals surface area contributed by atoms with Crippen LogP contribution in [0.1, 0.15) is 25.7 Å². The highest BCUT2D eigenvalue weighted by Gasteiger charge is 2.34. The van der Waals surface area contributed by atoms with Crippen LogP contribution < -0.4 is 0 Å². The highest BCUT2D eigenvalue weighted by molar-refractivity contribution is 5.80. The highest BCUT2D eigenvalue weighted by Crippen LogP contribution is 2.30. The van der Waals surface area contributed by atoms with Crippen molar-refractivity contribution < 1.29 is 14.3 Å². The van der Waals surface area contributed by atoms with Crippen LogP contribution in [0.4, 0.5) is 0 Å². The Morgan fingerprint density at radius 1 is 1.26 bits per heavy atom. The Bertz CT molecular complexity index is 640. The maximum Gasteiger partial charge on any atom is 0.226 e. The number of carbonyl (C=O) groups is 2. The van der Waals surface area contributed by atoms with E-state index >= 15 is 0 Å². The average Bonchev–Trinajstić information content (AvgIpc) is 3.15. The van der Waals surface area contributed by atoms with Gasteiger partial charge in [0, 0.05) is 45.6 Å². The minimum atomic E-state index is 0.0130. The summed E-state index contributed by atoms with van der Waals surface area (Å²) >= 11 is 0. The number of likely N-dealkylation sites (tertiary alicyclic amines) is 1. The molecule has 1 saturated heterocycles. The number of aromatic nitrogens is 4. The third kappa shape index (κ3) is 5.12. The summed E-state index contributed by atoms with van der Waals surface area (Å²) < 4.78 is 6.69. The van der Waals surface area contributed by atoms with E-state index in [1.165, 1.54) is 6.33 Å². The van der Waals surface area contributed by atoms with Crippen molar-refractivity contribution in [3.05, 3.63) is 18.5 Å². The van der Waals surface area contributed by atoms with Gasteiger partial charge in [-0.15, -0.1) is 5.10 Å². The Balaban J connectivity index is 1.49. The normalized spacial score (nSPS) is 21.5. The van der Waals surface area contributed by atoms with Crippen molar-refractivity contribution in [2.24, 2.45) is 11.8 Å². The predicted octanol–water partition coefficient (Wildman–Crippen LogP) is 0.353. The Labute approximate surface area is 159 Å². The van der Waals surface area contributed by atoms with Crippen molar-refractivity contribution in [2.75, 3.05) is 39.9 Å². The molecule has 0 N–H and O–H groups in total. The molecule has 0 bridgehead atoms. The molecule has 1 fully saturated rings. The lowest BCUT2D eigenvalue weighted by atomic mass is 9.81. The summed E-state index contributed by atoms with van der Waals surface area (Å²) in [5.41, 5.74) is 0. The highest BCUT2D eigenvalue weighted by atomic mass is 16.5. The van der Waals surface area contributed by atoms with Crippen LogP contribution in [0.3, 0.4) is 0 Å². The van der Waals surface area contributed by atoms with Gasteiger partial charge in [-0.3, -0.25) is 9.59 Å². The van der Waals surface area contributed by atoms with Crippen molar-refractivity contribution in [1.29, 1.82) is 0 Å². The van der Waals surface area contributed by atoms with Crippen LogP contribution in [0.15, 0.2) is 18.5 Å². The molecule has 0 radical (unpaired) electrons. The molecule has 3 rings (SSSR count). The quantitative estimate of drug-likeness (QED) is 0.638. The largest absolute Gasteiger partial charge is 0.383 e. The second-order valence-electron chi connectivity index (χ2n) is 7.13. The van der Waals surface area contributed by atoms with Crippen molar-refractivity contribution in [3.63, 3.8) is 0 Å². The molecule has 1 atom stereocenters. The van der Waals surface area contributed by atoms with Gasteiger partial charge in [0.15, 0.2) is 0 Å². The number of tetrazole rings is 1. The number of hydrogen-bond acceptors (Lipinski definition) is 6. The number of nitrogens with zero attached hydrogens (tertiary/aromatic N) is 6. The standard InChI is InChI=1S/C18H28N6O3/c1-27-13-12-23-8-3-2-4-16(18(23)26)15-5-9-22(10-6-15)17(25)7-11-24-14-19-20-21-24/h2-3,14-16H,4-13H2,1H3/t16-/m1/s1. The number of allylic oxidation sites excluding steroid dienone is 1. The lowest BCUT2D eigenvalue weighted by molar-refractivity contribution is -0.138. The molecule has 27 heavy (non-hydrogen) atoms. The van der Waals surface area contributed by atoms with E-state index < -0.39 is 0 Å². The molecular weight excluding hydrogens is 348 g/mol. The first-order valence-electron chi connectivity index (χ1n) is 9.60. The number of aryl methyl sites for hydroxylation is 1. The summed E-state index contributed by atoms with van der Waals surface area (Å²) in [6.07, 6.45) is 8.65. The van der Waals surface area contributed by atoms with Gasteiger partial charge in [-0.2, -0.15) is 0 Å². The number of piperidine rings is 1. The summed E-state index contributed by atoms with van der Waals surface area (Å²) in [5.74, 6) is 0.686. The summed E-state index contributed by atoms with van der Waals surface area (Å²) in [6.45, 7) is 3.76. The second-order valence-corrected chi connectivity index (χ2v) is 7.13. The van der Waals surface area contributed by atoms with E-state index in [0.29, 0.717) is 51.7 Å². The molecule has 2 amide bonds. The third-order valence-electron chi connectivity index (χ3n) is 5.48. The van der Waals surface area contributed by atoms with Gasteiger partial charge in [-0.25, -0.2) is 4.68 Å².